The fraction of sp³-hybridized carbons (Fsp3) is 0.222. The van der Waals surface area contributed by atoms with Gasteiger partial charge in [0.2, 0.25) is 0 Å². The minimum absolute atomic E-state index is 0.0247. The number of hydrogen-bond acceptors (Lipinski definition) is 3. The molecule has 0 aliphatic carbocycles. The lowest BCUT2D eigenvalue weighted by Crippen LogP contribution is -2.29. The molecule has 1 aromatic rings. The summed E-state index contributed by atoms with van der Waals surface area (Å²) in [7, 11) is -3.62. The summed E-state index contributed by atoms with van der Waals surface area (Å²) in [6.07, 6.45) is 0. The fourth-order valence-corrected chi connectivity index (χ4v) is 1.99. The molecule has 0 aliphatic rings. The van der Waals surface area contributed by atoms with Crippen LogP contribution < -0.4 is 9.44 Å². The largest absolute Gasteiger partial charge is 0.478 e. The zero-order chi connectivity index (χ0) is 12.2. The first-order valence-electron chi connectivity index (χ1n) is 4.55. The summed E-state index contributed by atoms with van der Waals surface area (Å²) < 4.78 is 27.1. The Kier molecular flexibility index (Phi) is 3.86. The number of anilines is 1. The second kappa shape index (κ2) is 4.95. The highest BCUT2D eigenvalue weighted by Crippen LogP contribution is 2.11. The molecule has 0 spiro atoms. The number of nitrogens with one attached hydrogen (secondary N) is 2. The van der Waals surface area contributed by atoms with E-state index in [1.54, 1.807) is 6.92 Å². The molecule has 0 bridgehead atoms. The van der Waals surface area contributed by atoms with Crippen molar-refractivity contribution in [1.29, 1.82) is 0 Å². The van der Waals surface area contributed by atoms with E-state index in [1.165, 1.54) is 24.3 Å². The van der Waals surface area contributed by atoms with Gasteiger partial charge in [0.25, 0.3) is 10.2 Å². The van der Waals surface area contributed by atoms with Gasteiger partial charge in [-0.15, -0.1) is 0 Å². The van der Waals surface area contributed by atoms with E-state index >= 15 is 0 Å². The predicted octanol–water partition coefficient (Wildman–Crippen LogP) is 0.651. The first-order chi connectivity index (χ1) is 7.44. The van der Waals surface area contributed by atoms with Gasteiger partial charge in [-0.3, -0.25) is 4.72 Å². The third-order valence-electron chi connectivity index (χ3n) is 1.70. The Morgan fingerprint density at radius 2 is 2.12 bits per heavy atom. The van der Waals surface area contributed by atoms with Crippen LogP contribution >= 0.6 is 0 Å². The molecule has 0 atom stereocenters. The smallest absolute Gasteiger partial charge is 0.335 e. The molecule has 16 heavy (non-hydrogen) atoms. The van der Waals surface area contributed by atoms with E-state index in [0.29, 0.717) is 0 Å². The topological polar surface area (TPSA) is 95.5 Å². The molecule has 6 nitrogen and oxygen atoms in total. The van der Waals surface area contributed by atoms with Gasteiger partial charge in [0.1, 0.15) is 0 Å². The van der Waals surface area contributed by atoms with Gasteiger partial charge in [-0.1, -0.05) is 13.0 Å². The number of carbonyl (C=O) groups is 1. The van der Waals surface area contributed by atoms with Crippen molar-refractivity contribution in [2.45, 2.75) is 6.92 Å². The van der Waals surface area contributed by atoms with Crippen molar-refractivity contribution in [3.63, 3.8) is 0 Å². The SMILES string of the molecule is CCNS(=O)(=O)Nc1cccc(C(=O)O)c1. The van der Waals surface area contributed by atoms with Crippen LogP contribution in [0.2, 0.25) is 0 Å². The van der Waals surface area contributed by atoms with Crippen molar-refractivity contribution in [2.75, 3.05) is 11.3 Å². The van der Waals surface area contributed by atoms with Crippen molar-refractivity contribution in [1.82, 2.24) is 4.72 Å². The van der Waals surface area contributed by atoms with Gasteiger partial charge in [0.05, 0.1) is 11.3 Å². The Bertz CT molecular complexity index is 484. The molecular formula is C9H12N2O4S. The molecule has 88 valence electrons. The second-order valence-corrected chi connectivity index (χ2v) is 4.49. The Morgan fingerprint density at radius 1 is 1.44 bits per heavy atom. The molecular weight excluding hydrogens is 232 g/mol. The highest BCUT2D eigenvalue weighted by Gasteiger charge is 2.09. The van der Waals surface area contributed by atoms with Gasteiger partial charge in [-0.25, -0.2) is 4.79 Å². The molecule has 0 heterocycles. The average Bonchev–Trinajstić information content (AvgIpc) is 2.17. The van der Waals surface area contributed by atoms with Crippen molar-refractivity contribution in [2.24, 2.45) is 0 Å². The van der Waals surface area contributed by atoms with Gasteiger partial charge >= 0.3 is 5.97 Å². The summed E-state index contributed by atoms with van der Waals surface area (Å²) in [6.45, 7) is 1.90. The van der Waals surface area contributed by atoms with E-state index in [4.69, 9.17) is 5.11 Å². The van der Waals surface area contributed by atoms with E-state index in [2.05, 4.69) is 9.44 Å². The number of carboxylic acid groups (broad SMARTS) is 1. The summed E-state index contributed by atoms with van der Waals surface area (Å²) in [5.41, 5.74) is 0.234. The zero-order valence-corrected chi connectivity index (χ0v) is 9.41. The highest BCUT2D eigenvalue weighted by atomic mass is 32.2. The lowest BCUT2D eigenvalue weighted by molar-refractivity contribution is 0.0697. The highest BCUT2D eigenvalue weighted by molar-refractivity contribution is 7.90. The van der Waals surface area contributed by atoms with Gasteiger partial charge in [0, 0.05) is 6.54 Å². The van der Waals surface area contributed by atoms with Crippen LogP contribution in [0.25, 0.3) is 0 Å². The summed E-state index contributed by atoms with van der Waals surface area (Å²) in [6, 6.07) is 5.57. The summed E-state index contributed by atoms with van der Waals surface area (Å²) in [4.78, 5) is 10.7. The minimum Gasteiger partial charge on any atom is -0.478 e. The van der Waals surface area contributed by atoms with Crippen LogP contribution in [0.1, 0.15) is 17.3 Å². The number of rotatable bonds is 5. The van der Waals surface area contributed by atoms with Gasteiger partial charge in [-0.2, -0.15) is 13.1 Å². The molecule has 7 heteroatoms. The molecule has 0 unspecified atom stereocenters. The van der Waals surface area contributed by atoms with Crippen molar-refractivity contribution < 1.29 is 18.3 Å². The van der Waals surface area contributed by atoms with Crippen molar-refractivity contribution in [3.05, 3.63) is 29.8 Å². The van der Waals surface area contributed by atoms with Crippen LogP contribution in [0.4, 0.5) is 5.69 Å². The molecule has 1 rings (SSSR count). The van der Waals surface area contributed by atoms with Crippen LogP contribution in [0, 0.1) is 0 Å². The number of benzene rings is 1. The molecule has 0 aliphatic heterocycles. The van der Waals surface area contributed by atoms with E-state index in [0.717, 1.165) is 0 Å². The van der Waals surface area contributed by atoms with E-state index in [-0.39, 0.29) is 17.8 Å². The Balaban J connectivity index is 2.90. The third kappa shape index (κ3) is 3.52. The monoisotopic (exact) mass is 244 g/mol. The number of carboxylic acids is 1. The Labute approximate surface area is 93.5 Å². The van der Waals surface area contributed by atoms with Crippen LogP contribution in [-0.2, 0) is 10.2 Å². The van der Waals surface area contributed by atoms with Crippen LogP contribution in [0.5, 0.6) is 0 Å². The maximum Gasteiger partial charge on any atom is 0.335 e. The third-order valence-corrected chi connectivity index (χ3v) is 2.87. The second-order valence-electron chi connectivity index (χ2n) is 2.99. The maximum atomic E-state index is 11.3. The molecule has 0 radical (unpaired) electrons. The van der Waals surface area contributed by atoms with Crippen LogP contribution in [0.15, 0.2) is 24.3 Å². The molecule has 0 amide bonds. The molecule has 0 saturated carbocycles. The van der Waals surface area contributed by atoms with Gasteiger partial charge in [-0.05, 0) is 18.2 Å². The van der Waals surface area contributed by atoms with Crippen molar-refractivity contribution >= 4 is 21.9 Å². The normalized spacial score (nSPS) is 11.1. The van der Waals surface area contributed by atoms with E-state index < -0.39 is 16.2 Å². The van der Waals surface area contributed by atoms with Gasteiger partial charge < -0.3 is 5.11 Å². The standard InChI is InChI=1S/C9H12N2O4S/c1-2-10-16(14,15)11-8-5-3-4-7(6-8)9(12)13/h3-6,10-11H,2H2,1H3,(H,12,13). The van der Waals surface area contributed by atoms with Gasteiger partial charge in [0.15, 0.2) is 0 Å². The minimum atomic E-state index is -3.62. The molecule has 0 fully saturated rings. The Morgan fingerprint density at radius 3 is 2.69 bits per heavy atom. The lowest BCUT2D eigenvalue weighted by atomic mass is 10.2. The lowest BCUT2D eigenvalue weighted by Gasteiger charge is -2.08. The van der Waals surface area contributed by atoms with Crippen LogP contribution in [-0.4, -0.2) is 26.0 Å². The van der Waals surface area contributed by atoms with Crippen LogP contribution in [0.3, 0.4) is 0 Å². The summed E-state index contributed by atoms with van der Waals surface area (Å²) in [5.74, 6) is -1.11. The maximum absolute atomic E-state index is 11.3. The molecule has 0 aromatic heterocycles. The zero-order valence-electron chi connectivity index (χ0n) is 8.60. The predicted molar refractivity (Wildman–Crippen MR) is 59.6 cm³/mol. The molecule has 0 saturated heterocycles. The summed E-state index contributed by atoms with van der Waals surface area (Å²) in [5, 5.41) is 8.72. The Hall–Kier alpha value is -1.60. The van der Waals surface area contributed by atoms with Crippen molar-refractivity contribution in [3.8, 4) is 0 Å². The first kappa shape index (κ1) is 12.5. The summed E-state index contributed by atoms with van der Waals surface area (Å²) >= 11 is 0. The number of aromatic carboxylic acids is 1. The van der Waals surface area contributed by atoms with E-state index in [1.807, 2.05) is 0 Å². The first-order valence-corrected chi connectivity index (χ1v) is 6.03. The fourth-order valence-electron chi connectivity index (χ4n) is 1.10. The average molecular weight is 244 g/mol. The molecule has 1 aromatic carbocycles. The quantitative estimate of drug-likeness (QED) is 0.708. The molecule has 3 N–H and O–H groups in total. The van der Waals surface area contributed by atoms with E-state index in [9.17, 15) is 13.2 Å². The number of hydrogen-bond donors (Lipinski definition) is 3.